The number of halogens is 1. The van der Waals surface area contributed by atoms with Gasteiger partial charge in [0.25, 0.3) is 5.91 Å². The Kier molecular flexibility index (Phi) is 3.86. The lowest BCUT2D eigenvalue weighted by Gasteiger charge is -2.15. The monoisotopic (exact) mass is 255 g/mol. The van der Waals surface area contributed by atoms with E-state index in [2.05, 4.69) is 0 Å². The molecule has 17 heavy (non-hydrogen) atoms. The van der Waals surface area contributed by atoms with E-state index in [1.807, 2.05) is 0 Å². The van der Waals surface area contributed by atoms with Gasteiger partial charge < -0.3 is 4.74 Å². The van der Waals surface area contributed by atoms with Crippen LogP contribution in [-0.2, 0) is 16.1 Å². The van der Waals surface area contributed by atoms with E-state index in [9.17, 15) is 4.79 Å². The Bertz CT molecular complexity index is 416. The second-order valence-electron chi connectivity index (χ2n) is 3.82. The number of methoxy groups -OCH3 is 1. The molecule has 0 aliphatic carbocycles. The van der Waals surface area contributed by atoms with Gasteiger partial charge in [0, 0.05) is 10.6 Å². The van der Waals surface area contributed by atoms with Crippen molar-refractivity contribution in [2.75, 3.05) is 20.3 Å². The van der Waals surface area contributed by atoms with Crippen molar-refractivity contribution in [3.8, 4) is 5.75 Å². The van der Waals surface area contributed by atoms with Gasteiger partial charge >= 0.3 is 0 Å². The Morgan fingerprint density at radius 2 is 2.41 bits per heavy atom. The summed E-state index contributed by atoms with van der Waals surface area (Å²) in [6.07, 6.45) is 1.13. The number of hydrogen-bond acceptors (Lipinski definition) is 3. The molecule has 0 saturated carbocycles. The van der Waals surface area contributed by atoms with Gasteiger partial charge in [-0.3, -0.25) is 9.63 Å². The molecule has 92 valence electrons. The SMILES string of the molecule is COc1ccc(Cl)cc1CC(=O)N1CCCO1. The first kappa shape index (κ1) is 12.2. The van der Waals surface area contributed by atoms with E-state index < -0.39 is 0 Å². The third kappa shape index (κ3) is 2.90. The highest BCUT2D eigenvalue weighted by molar-refractivity contribution is 6.30. The van der Waals surface area contributed by atoms with Gasteiger partial charge in [-0.25, -0.2) is 5.06 Å². The molecule has 1 fully saturated rings. The molecule has 0 N–H and O–H groups in total. The van der Waals surface area contributed by atoms with E-state index in [0.717, 1.165) is 12.0 Å². The molecule has 1 aromatic rings. The number of carbonyl (C=O) groups excluding carboxylic acids is 1. The lowest BCUT2D eigenvalue weighted by molar-refractivity contribution is -0.167. The number of carbonyl (C=O) groups is 1. The number of amides is 1. The van der Waals surface area contributed by atoms with Crippen LogP contribution in [0.1, 0.15) is 12.0 Å². The number of nitrogens with zero attached hydrogens (tertiary/aromatic N) is 1. The number of ether oxygens (including phenoxy) is 1. The van der Waals surface area contributed by atoms with E-state index >= 15 is 0 Å². The third-order valence-corrected chi connectivity index (χ3v) is 2.85. The Balaban J connectivity index is 2.11. The number of rotatable bonds is 3. The molecule has 4 nitrogen and oxygen atoms in total. The normalized spacial score (nSPS) is 15.1. The third-order valence-electron chi connectivity index (χ3n) is 2.61. The molecule has 1 aliphatic rings. The first-order valence-corrected chi connectivity index (χ1v) is 5.84. The molecule has 0 aromatic heterocycles. The van der Waals surface area contributed by atoms with E-state index in [1.165, 1.54) is 5.06 Å². The molecular formula is C12H14ClNO3. The minimum atomic E-state index is -0.0666. The van der Waals surface area contributed by atoms with Crippen molar-refractivity contribution in [1.82, 2.24) is 5.06 Å². The Morgan fingerprint density at radius 3 is 3.06 bits per heavy atom. The van der Waals surface area contributed by atoms with E-state index in [-0.39, 0.29) is 12.3 Å². The maximum Gasteiger partial charge on any atom is 0.250 e. The van der Waals surface area contributed by atoms with Gasteiger partial charge in [0.05, 0.1) is 26.7 Å². The van der Waals surface area contributed by atoms with Gasteiger partial charge in [-0.15, -0.1) is 0 Å². The van der Waals surface area contributed by atoms with E-state index in [1.54, 1.807) is 25.3 Å². The standard InChI is InChI=1S/C12H14ClNO3/c1-16-11-4-3-10(13)7-9(11)8-12(15)14-5-2-6-17-14/h3-4,7H,2,5-6,8H2,1H3. The molecule has 1 aromatic carbocycles. The Labute approximate surface area is 105 Å². The maximum absolute atomic E-state index is 11.9. The van der Waals surface area contributed by atoms with Crippen molar-refractivity contribution in [3.63, 3.8) is 0 Å². The van der Waals surface area contributed by atoms with Crippen LogP contribution in [0.15, 0.2) is 18.2 Å². The van der Waals surface area contributed by atoms with Gasteiger partial charge in [-0.1, -0.05) is 11.6 Å². The summed E-state index contributed by atoms with van der Waals surface area (Å²) in [7, 11) is 1.57. The average molecular weight is 256 g/mol. The molecule has 1 amide bonds. The topological polar surface area (TPSA) is 38.8 Å². The van der Waals surface area contributed by atoms with Crippen molar-refractivity contribution < 1.29 is 14.4 Å². The van der Waals surface area contributed by atoms with Gasteiger partial charge in [-0.2, -0.15) is 0 Å². The number of hydrogen-bond donors (Lipinski definition) is 0. The summed E-state index contributed by atoms with van der Waals surface area (Å²) in [5.41, 5.74) is 0.778. The van der Waals surface area contributed by atoms with E-state index in [4.69, 9.17) is 21.2 Å². The molecule has 1 heterocycles. The fourth-order valence-corrected chi connectivity index (χ4v) is 1.98. The predicted octanol–water partition coefficient (Wildman–Crippen LogP) is 2.05. The molecule has 0 bridgehead atoms. The zero-order chi connectivity index (χ0) is 12.3. The number of hydroxylamine groups is 2. The summed E-state index contributed by atoms with van der Waals surface area (Å²) in [5, 5.41) is 2.00. The molecule has 0 spiro atoms. The predicted molar refractivity (Wildman–Crippen MR) is 64.0 cm³/mol. The van der Waals surface area contributed by atoms with Crippen molar-refractivity contribution >= 4 is 17.5 Å². The Morgan fingerprint density at radius 1 is 1.59 bits per heavy atom. The summed E-state index contributed by atoms with van der Waals surface area (Å²) in [6, 6.07) is 5.24. The zero-order valence-corrected chi connectivity index (χ0v) is 10.4. The maximum atomic E-state index is 11.9. The van der Waals surface area contributed by atoms with Crippen molar-refractivity contribution in [2.24, 2.45) is 0 Å². The van der Waals surface area contributed by atoms with Crippen molar-refractivity contribution in [1.29, 1.82) is 0 Å². The van der Waals surface area contributed by atoms with Gasteiger partial charge in [0.2, 0.25) is 0 Å². The summed E-state index contributed by atoms with van der Waals surface area (Å²) in [5.74, 6) is 0.602. The smallest absolute Gasteiger partial charge is 0.250 e. The van der Waals surface area contributed by atoms with Crippen LogP contribution < -0.4 is 4.74 Å². The Hall–Kier alpha value is -1.26. The lowest BCUT2D eigenvalue weighted by atomic mass is 10.1. The first-order valence-electron chi connectivity index (χ1n) is 5.46. The fourth-order valence-electron chi connectivity index (χ4n) is 1.78. The van der Waals surface area contributed by atoms with Crippen LogP contribution in [0.3, 0.4) is 0 Å². The van der Waals surface area contributed by atoms with Gasteiger partial charge in [0.15, 0.2) is 0 Å². The van der Waals surface area contributed by atoms with Crippen LogP contribution in [0.2, 0.25) is 5.02 Å². The van der Waals surface area contributed by atoms with Crippen LogP contribution >= 0.6 is 11.6 Å². The summed E-state index contributed by atoms with van der Waals surface area (Å²) < 4.78 is 5.19. The first-order chi connectivity index (χ1) is 8.20. The van der Waals surface area contributed by atoms with Gasteiger partial charge in [-0.05, 0) is 24.6 Å². The van der Waals surface area contributed by atoms with Crippen LogP contribution in [0.4, 0.5) is 0 Å². The quantitative estimate of drug-likeness (QED) is 0.830. The molecular weight excluding hydrogens is 242 g/mol. The highest BCUT2D eigenvalue weighted by Crippen LogP contribution is 2.24. The second-order valence-corrected chi connectivity index (χ2v) is 4.25. The molecule has 0 radical (unpaired) electrons. The molecule has 1 aliphatic heterocycles. The molecule has 0 atom stereocenters. The highest BCUT2D eigenvalue weighted by atomic mass is 35.5. The second kappa shape index (κ2) is 5.38. The zero-order valence-electron chi connectivity index (χ0n) is 9.61. The molecule has 5 heteroatoms. The molecule has 2 rings (SSSR count). The average Bonchev–Trinajstić information content (AvgIpc) is 2.83. The summed E-state index contributed by atoms with van der Waals surface area (Å²) in [6.45, 7) is 1.26. The molecule has 0 unspecified atom stereocenters. The highest BCUT2D eigenvalue weighted by Gasteiger charge is 2.20. The van der Waals surface area contributed by atoms with E-state index in [0.29, 0.717) is 23.9 Å². The van der Waals surface area contributed by atoms with Crippen LogP contribution in [0.25, 0.3) is 0 Å². The fraction of sp³-hybridized carbons (Fsp3) is 0.417. The van der Waals surface area contributed by atoms with Crippen LogP contribution in [0, 0.1) is 0 Å². The van der Waals surface area contributed by atoms with Crippen LogP contribution in [0.5, 0.6) is 5.75 Å². The summed E-state index contributed by atoms with van der Waals surface area (Å²) >= 11 is 5.91. The number of benzene rings is 1. The van der Waals surface area contributed by atoms with Crippen molar-refractivity contribution in [3.05, 3.63) is 28.8 Å². The molecule has 1 saturated heterocycles. The largest absolute Gasteiger partial charge is 0.496 e. The lowest BCUT2D eigenvalue weighted by Crippen LogP contribution is -2.28. The minimum Gasteiger partial charge on any atom is -0.496 e. The minimum absolute atomic E-state index is 0.0666. The summed E-state index contributed by atoms with van der Waals surface area (Å²) in [4.78, 5) is 17.1. The van der Waals surface area contributed by atoms with Crippen LogP contribution in [-0.4, -0.2) is 31.2 Å². The van der Waals surface area contributed by atoms with Crippen molar-refractivity contribution in [2.45, 2.75) is 12.8 Å². The van der Waals surface area contributed by atoms with Gasteiger partial charge in [0.1, 0.15) is 5.75 Å².